The first-order valence-corrected chi connectivity index (χ1v) is 6.89. The molecule has 0 amide bonds. The molecule has 0 spiro atoms. The smallest absolute Gasteiger partial charge is 0.127 e. The Morgan fingerprint density at radius 2 is 2.00 bits per heavy atom. The molecule has 2 rings (SSSR count). The van der Waals surface area contributed by atoms with E-state index >= 15 is 0 Å². The van der Waals surface area contributed by atoms with E-state index in [4.69, 9.17) is 5.11 Å². The number of halogens is 1. The summed E-state index contributed by atoms with van der Waals surface area (Å²) in [5.41, 5.74) is 0.884. The summed E-state index contributed by atoms with van der Waals surface area (Å²) in [4.78, 5) is 2.42. The van der Waals surface area contributed by atoms with E-state index in [1.807, 2.05) is 12.1 Å². The summed E-state index contributed by atoms with van der Waals surface area (Å²) in [6, 6.07) is 6.08. The maximum Gasteiger partial charge on any atom is 0.127 e. The Balaban J connectivity index is 0.00000103. The second-order valence-electron chi connectivity index (χ2n) is 4.86. The first kappa shape index (κ1) is 19.2. The summed E-state index contributed by atoms with van der Waals surface area (Å²) in [5.74, 6) is 0.316. The minimum absolute atomic E-state index is 0. The molecule has 2 nitrogen and oxygen atoms in total. The molecule has 1 unspecified atom stereocenters. The zero-order chi connectivity index (χ0) is 13.7. The maximum absolute atomic E-state index is 13.8. The molecular weight excluding hydrogens is 443 g/mol. The SMILES string of the molecule is CC(C)N1CC[C@H](c2ccc(P)cc2F)C1.CO.[Pt]. The van der Waals surface area contributed by atoms with Crippen LogP contribution < -0.4 is 5.30 Å². The molecule has 0 aliphatic carbocycles. The molecule has 0 aromatic heterocycles. The van der Waals surface area contributed by atoms with E-state index in [0.29, 0.717) is 12.0 Å². The maximum atomic E-state index is 13.8. The van der Waals surface area contributed by atoms with Crippen LogP contribution in [0.2, 0.25) is 0 Å². The molecule has 1 fully saturated rings. The Bertz CT molecular complexity index is 390. The standard InChI is InChI=1S/C13H19FNP.CH4O.Pt/c1-9(2)15-6-5-10(8-15)12-4-3-11(16)7-13(12)14;1-2;/h3-4,7,9-10H,5-6,8,16H2,1-2H3;2H,1H3;/t10-;;/m0../s1. The van der Waals surface area contributed by atoms with Gasteiger partial charge in [-0.05, 0) is 43.7 Å². The van der Waals surface area contributed by atoms with Crippen LogP contribution in [0.25, 0.3) is 0 Å². The molecular formula is C14H23FNOPPt. The van der Waals surface area contributed by atoms with Gasteiger partial charge in [0.2, 0.25) is 0 Å². The van der Waals surface area contributed by atoms with E-state index < -0.39 is 0 Å². The van der Waals surface area contributed by atoms with E-state index in [1.54, 1.807) is 6.07 Å². The van der Waals surface area contributed by atoms with Crippen molar-refractivity contribution in [2.75, 3.05) is 20.2 Å². The topological polar surface area (TPSA) is 23.5 Å². The number of nitrogens with zero attached hydrogens (tertiary/aromatic N) is 1. The molecule has 1 saturated heterocycles. The zero-order valence-electron chi connectivity index (χ0n) is 11.7. The van der Waals surface area contributed by atoms with Crippen molar-refractivity contribution >= 4 is 14.5 Å². The number of rotatable bonds is 2. The quantitative estimate of drug-likeness (QED) is 0.676. The van der Waals surface area contributed by atoms with E-state index in [-0.39, 0.29) is 26.9 Å². The summed E-state index contributed by atoms with van der Waals surface area (Å²) in [6.45, 7) is 6.48. The third-order valence-electron chi connectivity index (χ3n) is 3.41. The Hall–Kier alpha value is 0.188. The van der Waals surface area contributed by atoms with Gasteiger partial charge in [-0.3, -0.25) is 0 Å². The number of hydrogen-bond acceptors (Lipinski definition) is 2. The fourth-order valence-corrected chi connectivity index (χ4v) is 2.63. The molecule has 1 aliphatic rings. The van der Waals surface area contributed by atoms with Crippen molar-refractivity contribution in [1.82, 2.24) is 4.90 Å². The van der Waals surface area contributed by atoms with Crippen LogP contribution >= 0.6 is 9.24 Å². The molecule has 1 aromatic carbocycles. The van der Waals surface area contributed by atoms with Gasteiger partial charge in [-0.2, -0.15) is 0 Å². The number of benzene rings is 1. The van der Waals surface area contributed by atoms with Gasteiger partial charge in [-0.15, -0.1) is 9.24 Å². The molecule has 1 aliphatic heterocycles. The van der Waals surface area contributed by atoms with Gasteiger partial charge in [0.25, 0.3) is 0 Å². The van der Waals surface area contributed by atoms with Gasteiger partial charge in [0.05, 0.1) is 0 Å². The largest absolute Gasteiger partial charge is 0.400 e. The zero-order valence-corrected chi connectivity index (χ0v) is 15.1. The predicted molar refractivity (Wildman–Crippen MR) is 78.0 cm³/mol. The van der Waals surface area contributed by atoms with Crippen molar-refractivity contribution in [1.29, 1.82) is 0 Å². The van der Waals surface area contributed by atoms with Gasteiger partial charge in [0.1, 0.15) is 5.82 Å². The van der Waals surface area contributed by atoms with Gasteiger partial charge in [-0.1, -0.05) is 12.1 Å². The fraction of sp³-hybridized carbons (Fsp3) is 0.571. The second kappa shape index (κ2) is 9.18. The van der Waals surface area contributed by atoms with Crippen molar-refractivity contribution in [2.24, 2.45) is 0 Å². The number of likely N-dealkylation sites (tertiary alicyclic amines) is 1. The number of hydrogen-bond donors (Lipinski definition) is 1. The molecule has 1 N–H and O–H groups in total. The van der Waals surface area contributed by atoms with Crippen LogP contribution in [-0.4, -0.2) is 36.2 Å². The van der Waals surface area contributed by atoms with Crippen molar-refractivity contribution in [3.63, 3.8) is 0 Å². The van der Waals surface area contributed by atoms with Crippen LogP contribution in [0.15, 0.2) is 18.2 Å². The Labute approximate surface area is 132 Å². The molecule has 1 aromatic rings. The van der Waals surface area contributed by atoms with Crippen LogP contribution in [0, 0.1) is 5.82 Å². The summed E-state index contributed by atoms with van der Waals surface area (Å²) in [7, 11) is 3.54. The second-order valence-corrected chi connectivity index (χ2v) is 5.52. The third kappa shape index (κ3) is 5.23. The van der Waals surface area contributed by atoms with Gasteiger partial charge in [-0.25, -0.2) is 4.39 Å². The van der Waals surface area contributed by atoms with E-state index in [9.17, 15) is 4.39 Å². The molecule has 5 heteroatoms. The van der Waals surface area contributed by atoms with Crippen LogP contribution in [0.1, 0.15) is 31.7 Å². The van der Waals surface area contributed by atoms with Gasteiger partial charge in [0, 0.05) is 46.7 Å². The molecule has 19 heavy (non-hydrogen) atoms. The van der Waals surface area contributed by atoms with Crippen molar-refractivity contribution in [3.05, 3.63) is 29.6 Å². The average molecular weight is 466 g/mol. The molecule has 112 valence electrons. The van der Waals surface area contributed by atoms with Gasteiger partial charge >= 0.3 is 0 Å². The number of aliphatic hydroxyl groups is 1. The Kier molecular flexibility index (Phi) is 9.28. The first-order valence-electron chi connectivity index (χ1n) is 6.31. The monoisotopic (exact) mass is 466 g/mol. The van der Waals surface area contributed by atoms with E-state index in [0.717, 1.165) is 37.5 Å². The van der Waals surface area contributed by atoms with Crippen LogP contribution in [0.5, 0.6) is 0 Å². The third-order valence-corrected chi connectivity index (χ3v) is 3.77. The van der Waals surface area contributed by atoms with Crippen molar-refractivity contribution in [2.45, 2.75) is 32.2 Å². The summed E-state index contributed by atoms with van der Waals surface area (Å²) in [6.07, 6.45) is 1.07. The summed E-state index contributed by atoms with van der Waals surface area (Å²) in [5, 5.41) is 7.92. The molecule has 2 atom stereocenters. The van der Waals surface area contributed by atoms with E-state index in [2.05, 4.69) is 28.0 Å². The average Bonchev–Trinajstić information content (AvgIpc) is 2.81. The summed E-state index contributed by atoms with van der Waals surface area (Å²) >= 11 is 0. The minimum atomic E-state index is -0.0527. The number of aliphatic hydroxyl groups excluding tert-OH is 1. The molecule has 0 radical (unpaired) electrons. The van der Waals surface area contributed by atoms with Crippen molar-refractivity contribution in [3.8, 4) is 0 Å². The van der Waals surface area contributed by atoms with Gasteiger partial charge in [0.15, 0.2) is 0 Å². The van der Waals surface area contributed by atoms with E-state index in [1.165, 1.54) is 0 Å². The first-order chi connectivity index (χ1) is 8.58. The summed E-state index contributed by atoms with van der Waals surface area (Å²) < 4.78 is 13.8. The normalized spacial score (nSPS) is 18.8. The Morgan fingerprint density at radius 3 is 2.47 bits per heavy atom. The predicted octanol–water partition coefficient (Wildman–Crippen LogP) is 2.13. The molecule has 1 heterocycles. The van der Waals surface area contributed by atoms with Crippen molar-refractivity contribution < 1.29 is 30.6 Å². The molecule has 0 bridgehead atoms. The van der Waals surface area contributed by atoms with Crippen LogP contribution in [0.3, 0.4) is 0 Å². The van der Waals surface area contributed by atoms with Crippen LogP contribution in [-0.2, 0) is 21.1 Å². The molecule has 0 saturated carbocycles. The van der Waals surface area contributed by atoms with Crippen LogP contribution in [0.4, 0.5) is 4.39 Å². The minimum Gasteiger partial charge on any atom is -0.400 e. The Morgan fingerprint density at radius 1 is 1.37 bits per heavy atom. The van der Waals surface area contributed by atoms with Gasteiger partial charge < -0.3 is 10.0 Å². The fourth-order valence-electron chi connectivity index (χ4n) is 2.38.